The second kappa shape index (κ2) is 3.41. The molecule has 0 amide bonds. The lowest BCUT2D eigenvalue weighted by Gasteiger charge is -2.08. The Bertz CT molecular complexity index is 472. The highest BCUT2D eigenvalue weighted by atomic mass is 19.1. The highest BCUT2D eigenvalue weighted by Crippen LogP contribution is 2.25. The fraction of sp³-hybridized carbons (Fsp3) is 0.231. The number of aryl methyl sites for hydroxylation is 2. The number of hydrogen-bond donors (Lipinski definition) is 0. The molecule has 0 aliphatic carbocycles. The van der Waals surface area contributed by atoms with Gasteiger partial charge in [-0.1, -0.05) is 31.2 Å². The summed E-state index contributed by atoms with van der Waals surface area (Å²) in [4.78, 5) is 0. The lowest BCUT2D eigenvalue weighted by atomic mass is 9.98. The van der Waals surface area contributed by atoms with Crippen LogP contribution in [0.2, 0.25) is 0 Å². The predicted octanol–water partition coefficient (Wildman–Crippen LogP) is 3.85. The third-order valence-electron chi connectivity index (χ3n) is 2.66. The molecular formula is C13H13F. The van der Waals surface area contributed by atoms with E-state index in [9.17, 15) is 4.39 Å². The minimum absolute atomic E-state index is 0.0886. The normalized spacial score (nSPS) is 10.8. The summed E-state index contributed by atoms with van der Waals surface area (Å²) >= 11 is 0. The molecule has 72 valence electrons. The topological polar surface area (TPSA) is 0 Å². The van der Waals surface area contributed by atoms with Gasteiger partial charge in [-0.3, -0.25) is 0 Å². The molecule has 0 aliphatic heterocycles. The Balaban J connectivity index is 2.91. The van der Waals surface area contributed by atoms with E-state index in [0.29, 0.717) is 0 Å². The molecule has 0 nitrogen and oxygen atoms in total. The Morgan fingerprint density at radius 2 is 1.93 bits per heavy atom. The lowest BCUT2D eigenvalue weighted by molar-refractivity contribution is 0.615. The molecule has 14 heavy (non-hydrogen) atoms. The van der Waals surface area contributed by atoms with Gasteiger partial charge in [-0.05, 0) is 41.3 Å². The summed E-state index contributed by atoms with van der Waals surface area (Å²) < 4.78 is 13.5. The summed E-state index contributed by atoms with van der Waals surface area (Å²) in [5.74, 6) is -0.0886. The Kier molecular flexibility index (Phi) is 2.24. The van der Waals surface area contributed by atoms with Crippen molar-refractivity contribution >= 4 is 10.8 Å². The summed E-state index contributed by atoms with van der Waals surface area (Å²) in [5, 5.41) is 2.21. The molecule has 0 spiro atoms. The first-order valence-electron chi connectivity index (χ1n) is 4.90. The standard InChI is InChI=1S/C13H13F/c1-3-11-12(14)8-7-10-6-4-5-9(2)13(10)11/h4-8H,3H2,1-2H3. The molecule has 0 heterocycles. The van der Waals surface area contributed by atoms with Gasteiger partial charge >= 0.3 is 0 Å². The quantitative estimate of drug-likeness (QED) is 0.637. The maximum absolute atomic E-state index is 13.5. The monoisotopic (exact) mass is 188 g/mol. The molecule has 0 unspecified atom stereocenters. The molecule has 0 atom stereocenters. The van der Waals surface area contributed by atoms with Crippen molar-refractivity contribution in [1.29, 1.82) is 0 Å². The summed E-state index contributed by atoms with van der Waals surface area (Å²) in [7, 11) is 0. The number of fused-ring (bicyclic) bond motifs is 1. The van der Waals surface area contributed by atoms with E-state index in [-0.39, 0.29) is 5.82 Å². The van der Waals surface area contributed by atoms with Crippen molar-refractivity contribution in [2.24, 2.45) is 0 Å². The molecule has 0 saturated heterocycles. The molecule has 1 heteroatoms. The minimum atomic E-state index is -0.0886. The van der Waals surface area contributed by atoms with Crippen molar-refractivity contribution in [3.05, 3.63) is 47.3 Å². The second-order valence-corrected chi connectivity index (χ2v) is 3.55. The van der Waals surface area contributed by atoms with Crippen molar-refractivity contribution in [2.75, 3.05) is 0 Å². The fourth-order valence-electron chi connectivity index (χ4n) is 1.97. The van der Waals surface area contributed by atoms with Crippen LogP contribution in [0, 0.1) is 12.7 Å². The van der Waals surface area contributed by atoms with Crippen LogP contribution in [0.5, 0.6) is 0 Å². The van der Waals surface area contributed by atoms with Crippen LogP contribution in [0.25, 0.3) is 10.8 Å². The highest BCUT2D eigenvalue weighted by molar-refractivity contribution is 5.88. The molecule has 0 saturated carbocycles. The molecule has 0 aliphatic rings. The van der Waals surface area contributed by atoms with Gasteiger partial charge in [-0.25, -0.2) is 4.39 Å². The van der Waals surface area contributed by atoms with Crippen LogP contribution in [0.3, 0.4) is 0 Å². The third-order valence-corrected chi connectivity index (χ3v) is 2.66. The first-order valence-corrected chi connectivity index (χ1v) is 4.90. The molecule has 0 fully saturated rings. The van der Waals surface area contributed by atoms with E-state index in [1.165, 1.54) is 0 Å². The Labute approximate surface area is 83.4 Å². The van der Waals surface area contributed by atoms with E-state index in [4.69, 9.17) is 0 Å². The molecule has 0 radical (unpaired) electrons. The van der Waals surface area contributed by atoms with E-state index in [0.717, 1.165) is 28.3 Å². The average molecular weight is 188 g/mol. The Morgan fingerprint density at radius 3 is 2.64 bits per heavy atom. The largest absolute Gasteiger partial charge is 0.207 e. The molecular weight excluding hydrogens is 175 g/mol. The second-order valence-electron chi connectivity index (χ2n) is 3.55. The van der Waals surface area contributed by atoms with Crippen molar-refractivity contribution < 1.29 is 4.39 Å². The fourth-order valence-corrected chi connectivity index (χ4v) is 1.97. The maximum atomic E-state index is 13.5. The molecule has 2 rings (SSSR count). The van der Waals surface area contributed by atoms with Crippen molar-refractivity contribution in [1.82, 2.24) is 0 Å². The Morgan fingerprint density at radius 1 is 1.14 bits per heavy atom. The first-order chi connectivity index (χ1) is 6.74. The van der Waals surface area contributed by atoms with Crippen molar-refractivity contribution in [2.45, 2.75) is 20.3 Å². The zero-order valence-corrected chi connectivity index (χ0v) is 8.47. The van der Waals surface area contributed by atoms with Crippen LogP contribution < -0.4 is 0 Å². The summed E-state index contributed by atoms with van der Waals surface area (Å²) in [5.41, 5.74) is 1.99. The molecule has 2 aromatic rings. The number of halogens is 1. The van der Waals surface area contributed by atoms with E-state index in [2.05, 4.69) is 0 Å². The van der Waals surface area contributed by atoms with Gasteiger partial charge in [0.05, 0.1) is 0 Å². The predicted molar refractivity (Wildman–Crippen MR) is 58.0 cm³/mol. The number of benzene rings is 2. The van der Waals surface area contributed by atoms with Gasteiger partial charge in [0.25, 0.3) is 0 Å². The van der Waals surface area contributed by atoms with Crippen LogP contribution in [0.4, 0.5) is 4.39 Å². The lowest BCUT2D eigenvalue weighted by Crippen LogP contribution is -1.91. The van der Waals surface area contributed by atoms with Crippen LogP contribution in [0.1, 0.15) is 18.1 Å². The maximum Gasteiger partial charge on any atom is 0.127 e. The summed E-state index contributed by atoms with van der Waals surface area (Å²) in [6, 6.07) is 9.47. The summed E-state index contributed by atoms with van der Waals surface area (Å²) in [6.45, 7) is 4.02. The third kappa shape index (κ3) is 1.29. The van der Waals surface area contributed by atoms with E-state index in [1.54, 1.807) is 6.07 Å². The van der Waals surface area contributed by atoms with Gasteiger partial charge in [-0.15, -0.1) is 0 Å². The minimum Gasteiger partial charge on any atom is -0.207 e. The smallest absolute Gasteiger partial charge is 0.127 e. The molecule has 0 bridgehead atoms. The van der Waals surface area contributed by atoms with E-state index < -0.39 is 0 Å². The molecule has 2 aromatic carbocycles. The van der Waals surface area contributed by atoms with Crippen LogP contribution in [-0.4, -0.2) is 0 Å². The van der Waals surface area contributed by atoms with E-state index in [1.807, 2.05) is 38.1 Å². The van der Waals surface area contributed by atoms with E-state index >= 15 is 0 Å². The average Bonchev–Trinajstić information content (AvgIpc) is 2.19. The van der Waals surface area contributed by atoms with Crippen molar-refractivity contribution in [3.8, 4) is 0 Å². The van der Waals surface area contributed by atoms with Crippen LogP contribution in [0.15, 0.2) is 30.3 Å². The zero-order chi connectivity index (χ0) is 10.1. The van der Waals surface area contributed by atoms with Gasteiger partial charge in [-0.2, -0.15) is 0 Å². The molecule has 0 aromatic heterocycles. The van der Waals surface area contributed by atoms with Gasteiger partial charge in [0.1, 0.15) is 5.82 Å². The van der Waals surface area contributed by atoms with Gasteiger partial charge in [0.2, 0.25) is 0 Å². The van der Waals surface area contributed by atoms with Gasteiger partial charge < -0.3 is 0 Å². The van der Waals surface area contributed by atoms with Crippen molar-refractivity contribution in [3.63, 3.8) is 0 Å². The highest BCUT2D eigenvalue weighted by Gasteiger charge is 2.06. The first kappa shape index (κ1) is 9.20. The van der Waals surface area contributed by atoms with Crippen LogP contribution >= 0.6 is 0 Å². The SMILES string of the molecule is CCc1c(F)ccc2cccc(C)c12. The zero-order valence-electron chi connectivity index (χ0n) is 8.47. The molecule has 0 N–H and O–H groups in total. The van der Waals surface area contributed by atoms with Gasteiger partial charge in [0, 0.05) is 0 Å². The van der Waals surface area contributed by atoms with Gasteiger partial charge in [0.15, 0.2) is 0 Å². The number of rotatable bonds is 1. The summed E-state index contributed by atoms with van der Waals surface area (Å²) in [6.07, 6.45) is 0.744. The Hall–Kier alpha value is -1.37. The number of hydrogen-bond acceptors (Lipinski definition) is 0. The van der Waals surface area contributed by atoms with Crippen LogP contribution in [-0.2, 0) is 6.42 Å².